The Labute approximate surface area is 365 Å². The summed E-state index contributed by atoms with van der Waals surface area (Å²) in [5, 5.41) is 9.21. The van der Waals surface area contributed by atoms with Gasteiger partial charge in [-0.2, -0.15) is 0 Å². The molecule has 1 aromatic heterocycles. The van der Waals surface area contributed by atoms with Crippen molar-refractivity contribution in [1.29, 1.82) is 0 Å². The van der Waals surface area contributed by atoms with Crippen molar-refractivity contribution in [3.63, 3.8) is 0 Å². The average molecular weight is 936 g/mol. The molecule has 9 rings (SSSR count). The largest absolute Gasteiger partial charge is 0.479 e. The quantitative estimate of drug-likeness (QED) is 0.190. The third-order valence-electron chi connectivity index (χ3n) is 12.0. The second kappa shape index (κ2) is 19.4. The molecule has 0 saturated carbocycles. The number of aliphatic hydroxyl groups is 1. The van der Waals surface area contributed by atoms with Gasteiger partial charge in [0.25, 0.3) is 5.97 Å². The van der Waals surface area contributed by atoms with Crippen LogP contribution in [0.3, 0.4) is 0 Å². The molecule has 0 saturated heterocycles. The van der Waals surface area contributed by atoms with Crippen LogP contribution in [-0.4, -0.2) is 90.6 Å². The fourth-order valence-corrected chi connectivity index (χ4v) is 9.65. The highest BCUT2D eigenvalue weighted by atomic mass is 79.9. The van der Waals surface area contributed by atoms with E-state index in [1.807, 2.05) is 32.3 Å². The third kappa shape index (κ3) is 10.9. The summed E-state index contributed by atoms with van der Waals surface area (Å²) in [7, 11) is 4.56. The van der Waals surface area contributed by atoms with Gasteiger partial charge in [0, 0.05) is 87.4 Å². The maximum Gasteiger partial charge on any atom is 0.279 e. The highest BCUT2D eigenvalue weighted by molar-refractivity contribution is 9.10. The third-order valence-corrected chi connectivity index (χ3v) is 13.5. The van der Waals surface area contributed by atoms with Gasteiger partial charge in [0.2, 0.25) is 0 Å². The molecule has 3 atom stereocenters. The first kappa shape index (κ1) is 45.0. The Morgan fingerprint density at radius 1 is 0.695 bits per heavy atom. The van der Waals surface area contributed by atoms with E-state index in [-0.39, 0.29) is 17.7 Å². The number of aromatic nitrogens is 2. The van der Waals surface area contributed by atoms with E-state index < -0.39 is 11.5 Å². The number of fused-ring (bicyclic) bond motifs is 3. The van der Waals surface area contributed by atoms with Gasteiger partial charge in [-0.05, 0) is 96.0 Å². The van der Waals surface area contributed by atoms with E-state index in [0.29, 0.717) is 0 Å². The van der Waals surface area contributed by atoms with Gasteiger partial charge in [0.15, 0.2) is 11.8 Å². The molecule has 2 spiro atoms. The molecular weight excluding hydrogens is 878 g/mol. The number of aliphatic hydroxyl groups excluding tert-OH is 1. The number of benzene rings is 3. The van der Waals surface area contributed by atoms with Crippen molar-refractivity contribution in [2.45, 2.75) is 101 Å². The zero-order valence-electron chi connectivity index (χ0n) is 35.0. The van der Waals surface area contributed by atoms with E-state index in [0.717, 1.165) is 92.8 Å². The van der Waals surface area contributed by atoms with Crippen molar-refractivity contribution in [2.24, 2.45) is 15.7 Å². The molecule has 13 heteroatoms. The lowest BCUT2D eigenvalue weighted by molar-refractivity contribution is -0.340. The Morgan fingerprint density at radius 2 is 1.15 bits per heavy atom. The zero-order valence-corrected chi connectivity index (χ0v) is 38.2. The molecule has 0 fully saturated rings. The number of rotatable bonds is 5. The fraction of sp³-hybridized carbons (Fsp3) is 0.478. The molecule has 2 aliphatic heterocycles. The molecule has 3 heterocycles. The van der Waals surface area contributed by atoms with Crippen LogP contribution in [0.25, 0.3) is 11.1 Å². The van der Waals surface area contributed by atoms with Gasteiger partial charge in [-0.15, -0.1) is 0 Å². The fourth-order valence-electron chi connectivity index (χ4n) is 8.44. The predicted octanol–water partition coefficient (Wildman–Crippen LogP) is 8.17. The Morgan fingerprint density at radius 3 is 1.61 bits per heavy atom. The van der Waals surface area contributed by atoms with Crippen molar-refractivity contribution in [2.75, 3.05) is 41.2 Å². The summed E-state index contributed by atoms with van der Waals surface area (Å²) in [6.07, 6.45) is 14.2. The Kier molecular flexibility index (Phi) is 14.8. The van der Waals surface area contributed by atoms with Crippen molar-refractivity contribution in [3.05, 3.63) is 116 Å². The minimum absolute atomic E-state index is 0.0257. The summed E-state index contributed by atoms with van der Waals surface area (Å²) in [5.41, 5.74) is 16.3. The molecule has 5 aliphatic rings. The van der Waals surface area contributed by atoms with E-state index in [2.05, 4.69) is 95.4 Å². The molecule has 59 heavy (non-hydrogen) atoms. The van der Waals surface area contributed by atoms with Crippen LogP contribution in [0.2, 0.25) is 0 Å². The molecule has 0 amide bonds. The van der Waals surface area contributed by atoms with E-state index in [1.54, 1.807) is 13.3 Å². The van der Waals surface area contributed by atoms with Crippen LogP contribution in [0.15, 0.2) is 92.2 Å². The number of ether oxygens (including phenoxy) is 5. The molecule has 0 bridgehead atoms. The summed E-state index contributed by atoms with van der Waals surface area (Å²) in [5.74, 6) is 0.796. The van der Waals surface area contributed by atoms with Gasteiger partial charge in [0.1, 0.15) is 30.6 Å². The standard InChI is InChI=1S/C17H17N3O.C13H14BrNO.C11H14BrNO.C5H12O3/c1-12-20-17(10-21-12)6-5-16-13(7-17)3-2-4-15(16)14-8-18-11-19-9-14;1-9-15-13(8-16-9)6-5-11-10(7-13)3-2-4-12(11)14;12-10-3-1-2-8-6-11(13,7-14)5-4-9(8)10;1-5(6-2,7-3)8-4/h2-4,8-9,11H,5-7,10H2,1H3;2-4H,5-8H2,1H3;1-3,14H,4-7,13H2;1-4H3/t17-;13-;11-;/m000./s1. The van der Waals surface area contributed by atoms with Gasteiger partial charge in [0.05, 0.1) is 6.61 Å². The smallest absolute Gasteiger partial charge is 0.279 e. The monoisotopic (exact) mass is 933 g/mol. The number of hydrogen-bond donors (Lipinski definition) is 2. The van der Waals surface area contributed by atoms with Gasteiger partial charge in [-0.25, -0.2) is 20.0 Å². The molecule has 4 aromatic rings. The summed E-state index contributed by atoms with van der Waals surface area (Å²) in [4.78, 5) is 17.7. The van der Waals surface area contributed by atoms with Crippen LogP contribution in [-0.2, 0) is 62.2 Å². The Balaban J connectivity index is 0.000000139. The van der Waals surface area contributed by atoms with Gasteiger partial charge >= 0.3 is 0 Å². The van der Waals surface area contributed by atoms with E-state index in [1.165, 1.54) is 64.7 Å². The van der Waals surface area contributed by atoms with Crippen LogP contribution in [0.1, 0.15) is 73.4 Å². The number of halogens is 2. The lowest BCUT2D eigenvalue weighted by Gasteiger charge is -2.33. The number of hydrogen-bond acceptors (Lipinski definition) is 11. The topological polar surface area (TPSA) is 143 Å². The maximum absolute atomic E-state index is 9.21. The van der Waals surface area contributed by atoms with Crippen molar-refractivity contribution < 1.29 is 28.8 Å². The molecule has 0 unspecified atom stereocenters. The lowest BCUT2D eigenvalue weighted by atomic mass is 9.77. The average Bonchev–Trinajstić information content (AvgIpc) is 3.80. The first-order valence-electron chi connectivity index (χ1n) is 20.1. The summed E-state index contributed by atoms with van der Waals surface area (Å²) in [6.45, 7) is 7.13. The first-order chi connectivity index (χ1) is 28.3. The van der Waals surface area contributed by atoms with Crippen molar-refractivity contribution in [3.8, 4) is 11.1 Å². The Bertz CT molecular complexity index is 2120. The van der Waals surface area contributed by atoms with Crippen LogP contribution in [0, 0.1) is 0 Å². The Hall–Kier alpha value is -3.56. The van der Waals surface area contributed by atoms with Crippen LogP contribution < -0.4 is 5.73 Å². The minimum atomic E-state index is -0.875. The number of nitrogens with zero attached hydrogens (tertiary/aromatic N) is 4. The van der Waals surface area contributed by atoms with Crippen LogP contribution >= 0.6 is 31.9 Å². The lowest BCUT2D eigenvalue weighted by Crippen LogP contribution is -2.48. The molecule has 11 nitrogen and oxygen atoms in total. The van der Waals surface area contributed by atoms with Crippen LogP contribution in [0.4, 0.5) is 0 Å². The van der Waals surface area contributed by atoms with Crippen LogP contribution in [0.5, 0.6) is 0 Å². The molecular formula is C46H57Br2N5O6. The predicted molar refractivity (Wildman–Crippen MR) is 239 cm³/mol. The van der Waals surface area contributed by atoms with E-state index in [9.17, 15) is 5.11 Å². The first-order valence-corrected chi connectivity index (χ1v) is 21.7. The van der Waals surface area contributed by atoms with Crippen molar-refractivity contribution in [1.82, 2.24) is 9.97 Å². The van der Waals surface area contributed by atoms with E-state index >= 15 is 0 Å². The molecule has 3 aromatic carbocycles. The zero-order chi connectivity index (χ0) is 42.3. The van der Waals surface area contributed by atoms with Crippen molar-refractivity contribution >= 4 is 43.7 Å². The highest BCUT2D eigenvalue weighted by Crippen LogP contribution is 2.40. The maximum atomic E-state index is 9.21. The number of aliphatic imine (C=N–C) groups is 2. The second-order valence-corrected chi connectivity index (χ2v) is 17.8. The normalized spacial score (nSPS) is 23.6. The van der Waals surface area contributed by atoms with Gasteiger partial charge in [-0.3, -0.25) is 0 Å². The second-order valence-electron chi connectivity index (χ2n) is 16.1. The van der Waals surface area contributed by atoms with E-state index in [4.69, 9.17) is 34.4 Å². The summed E-state index contributed by atoms with van der Waals surface area (Å²) < 4.78 is 27.9. The molecule has 316 valence electrons. The molecule has 3 aliphatic carbocycles. The summed E-state index contributed by atoms with van der Waals surface area (Å²) in [6, 6.07) is 19.1. The SMILES string of the molecule is CC1=N[C@]2(CCc3c(Br)cccc3C2)CO1.CC1=N[C@]2(CCc3c(cccc3-c3cncnc3)C2)CO1.COC(C)(OC)OC.N[C@@]1(CO)CCc2c(Br)cccc2C1. The highest BCUT2D eigenvalue weighted by Gasteiger charge is 2.40. The number of nitrogens with two attached hydrogens (primary N) is 1. The van der Waals surface area contributed by atoms with Gasteiger partial charge < -0.3 is 34.5 Å². The number of methoxy groups -OCH3 is 3. The minimum Gasteiger partial charge on any atom is -0.479 e. The molecule has 3 N–H and O–H groups in total. The van der Waals surface area contributed by atoms with Gasteiger partial charge in [-0.1, -0.05) is 74.3 Å². The molecule has 0 radical (unpaired) electrons. The summed E-state index contributed by atoms with van der Waals surface area (Å²) >= 11 is 7.16.